The molecule has 0 unspecified atom stereocenters. The number of esters is 1. The fraction of sp³-hybridized carbons (Fsp3) is 0.941. The average Bonchev–Trinajstić information content (AvgIpc) is 2.60. The van der Waals surface area contributed by atoms with Crippen LogP contribution in [0.1, 0.15) is 33.6 Å². The number of nitrogens with zero attached hydrogens (tertiary/aromatic N) is 2. The Bertz CT molecular complexity index is 555. The minimum atomic E-state index is -3.63. The molecule has 2 heterocycles. The van der Waals surface area contributed by atoms with Gasteiger partial charge in [-0.1, -0.05) is 13.8 Å². The van der Waals surface area contributed by atoms with Crippen LogP contribution in [0.3, 0.4) is 0 Å². The highest BCUT2D eigenvalue weighted by Crippen LogP contribution is 2.20. The zero-order valence-corrected chi connectivity index (χ0v) is 17.0. The molecule has 2 aliphatic rings. The molecule has 26 heavy (non-hydrogen) atoms. The Labute approximate surface area is 157 Å². The van der Waals surface area contributed by atoms with E-state index in [2.05, 4.69) is 23.5 Å². The molecule has 0 aromatic heterocycles. The van der Waals surface area contributed by atoms with Crippen LogP contribution in [-0.2, 0) is 24.5 Å². The van der Waals surface area contributed by atoms with Gasteiger partial charge in [0.1, 0.15) is 0 Å². The molecule has 0 spiro atoms. The van der Waals surface area contributed by atoms with Crippen molar-refractivity contribution < 1.29 is 22.7 Å². The zero-order valence-electron chi connectivity index (χ0n) is 16.1. The van der Waals surface area contributed by atoms with Crippen molar-refractivity contribution in [2.24, 2.45) is 11.8 Å². The van der Waals surface area contributed by atoms with Gasteiger partial charge in [-0.3, -0.25) is 9.69 Å². The van der Waals surface area contributed by atoms with Crippen LogP contribution < -0.4 is 4.72 Å². The molecule has 1 N–H and O–H groups in total. The third-order valence-electron chi connectivity index (χ3n) is 4.68. The maximum absolute atomic E-state index is 12.6. The maximum Gasteiger partial charge on any atom is 0.310 e. The molecular weight excluding hydrogens is 358 g/mol. The largest absolute Gasteiger partial charge is 0.466 e. The zero-order chi connectivity index (χ0) is 19.2. The molecular formula is C17H33N3O5S. The Morgan fingerprint density at radius 1 is 1.31 bits per heavy atom. The second-order valence-corrected chi connectivity index (χ2v) is 9.20. The molecule has 152 valence electrons. The first-order valence-electron chi connectivity index (χ1n) is 9.57. The fourth-order valence-corrected chi connectivity index (χ4v) is 4.81. The van der Waals surface area contributed by atoms with E-state index >= 15 is 0 Å². The van der Waals surface area contributed by atoms with Crippen LogP contribution in [0.4, 0.5) is 0 Å². The van der Waals surface area contributed by atoms with Crippen molar-refractivity contribution in [3.63, 3.8) is 0 Å². The Morgan fingerprint density at radius 2 is 2.08 bits per heavy atom. The lowest BCUT2D eigenvalue weighted by molar-refractivity contribution is -0.149. The number of nitrogens with one attached hydrogen (secondary N) is 1. The SMILES string of the molecule is CCOC(=O)[C@H]1CCCN(S(=O)(=O)NC[C@@H]2CN(CC(C)C)CCO2)C1. The number of hydrogen-bond donors (Lipinski definition) is 1. The molecule has 0 bridgehead atoms. The quantitative estimate of drug-likeness (QED) is 0.605. The number of hydrogen-bond acceptors (Lipinski definition) is 6. The second-order valence-electron chi connectivity index (χ2n) is 7.45. The number of morpholine rings is 1. The van der Waals surface area contributed by atoms with Gasteiger partial charge in [-0.05, 0) is 25.7 Å². The Hall–Kier alpha value is -0.740. The first-order valence-corrected chi connectivity index (χ1v) is 11.0. The van der Waals surface area contributed by atoms with Crippen molar-refractivity contribution in [3.8, 4) is 0 Å². The van der Waals surface area contributed by atoms with Crippen molar-refractivity contribution in [1.82, 2.24) is 13.9 Å². The summed E-state index contributed by atoms with van der Waals surface area (Å²) in [5.41, 5.74) is 0. The van der Waals surface area contributed by atoms with Crippen molar-refractivity contribution in [2.45, 2.75) is 39.7 Å². The van der Waals surface area contributed by atoms with Crippen LogP contribution in [0.2, 0.25) is 0 Å². The molecule has 8 nitrogen and oxygen atoms in total. The fourth-order valence-electron chi connectivity index (χ4n) is 3.49. The molecule has 2 atom stereocenters. The summed E-state index contributed by atoms with van der Waals surface area (Å²) in [6.45, 7) is 10.5. The Morgan fingerprint density at radius 3 is 2.77 bits per heavy atom. The highest BCUT2D eigenvalue weighted by molar-refractivity contribution is 7.87. The Balaban J connectivity index is 1.84. The lowest BCUT2D eigenvalue weighted by Gasteiger charge is -2.35. The molecule has 0 radical (unpaired) electrons. The van der Waals surface area contributed by atoms with E-state index in [1.807, 2.05) is 0 Å². The van der Waals surface area contributed by atoms with E-state index in [9.17, 15) is 13.2 Å². The van der Waals surface area contributed by atoms with Gasteiger partial charge in [0.15, 0.2) is 0 Å². The van der Waals surface area contributed by atoms with Gasteiger partial charge >= 0.3 is 5.97 Å². The minimum absolute atomic E-state index is 0.150. The van der Waals surface area contributed by atoms with Crippen molar-refractivity contribution in [1.29, 1.82) is 0 Å². The predicted octanol–water partition coefficient (Wildman–Crippen LogP) is 0.453. The molecule has 0 aromatic rings. The van der Waals surface area contributed by atoms with Crippen LogP contribution in [0.5, 0.6) is 0 Å². The summed E-state index contributed by atoms with van der Waals surface area (Å²) in [7, 11) is -3.63. The second kappa shape index (κ2) is 9.98. The van der Waals surface area contributed by atoms with Gasteiger partial charge in [0, 0.05) is 39.3 Å². The third-order valence-corrected chi connectivity index (χ3v) is 6.23. The van der Waals surface area contributed by atoms with Crippen LogP contribution in [0, 0.1) is 11.8 Å². The Kier molecular flexibility index (Phi) is 8.28. The smallest absolute Gasteiger partial charge is 0.310 e. The van der Waals surface area contributed by atoms with Crippen molar-refractivity contribution in [2.75, 3.05) is 52.5 Å². The predicted molar refractivity (Wildman–Crippen MR) is 98.9 cm³/mol. The van der Waals surface area contributed by atoms with E-state index in [-0.39, 0.29) is 31.1 Å². The molecule has 2 fully saturated rings. The topological polar surface area (TPSA) is 88.2 Å². The maximum atomic E-state index is 12.6. The number of piperidine rings is 1. The number of carbonyl (C=O) groups is 1. The monoisotopic (exact) mass is 391 g/mol. The van der Waals surface area contributed by atoms with Crippen LogP contribution in [0.15, 0.2) is 0 Å². The van der Waals surface area contributed by atoms with E-state index in [1.54, 1.807) is 6.92 Å². The van der Waals surface area contributed by atoms with Gasteiger partial charge in [-0.2, -0.15) is 17.4 Å². The summed E-state index contributed by atoms with van der Waals surface area (Å²) in [5.74, 6) is -0.126. The minimum Gasteiger partial charge on any atom is -0.466 e. The van der Waals surface area contributed by atoms with Crippen LogP contribution in [0.25, 0.3) is 0 Å². The molecule has 2 aliphatic heterocycles. The molecule has 0 aliphatic carbocycles. The van der Waals surface area contributed by atoms with E-state index in [0.717, 1.165) is 19.6 Å². The van der Waals surface area contributed by atoms with E-state index < -0.39 is 10.2 Å². The average molecular weight is 392 g/mol. The molecule has 0 saturated carbocycles. The normalized spacial score (nSPS) is 26.2. The standard InChI is InChI=1S/C17H33N3O5S/c1-4-24-17(21)15-6-5-7-20(12-15)26(22,23)18-10-16-13-19(8-9-25-16)11-14(2)3/h14-16,18H,4-13H2,1-3H3/t15-,16+/m0/s1. The molecule has 9 heteroatoms. The number of ether oxygens (including phenoxy) is 2. The van der Waals surface area contributed by atoms with E-state index in [0.29, 0.717) is 38.5 Å². The highest BCUT2D eigenvalue weighted by Gasteiger charge is 2.33. The molecule has 2 rings (SSSR count). The summed E-state index contributed by atoms with van der Waals surface area (Å²) in [4.78, 5) is 14.2. The van der Waals surface area contributed by atoms with Gasteiger partial charge in [0.25, 0.3) is 10.2 Å². The van der Waals surface area contributed by atoms with Gasteiger partial charge in [-0.25, -0.2) is 0 Å². The van der Waals surface area contributed by atoms with Crippen molar-refractivity contribution >= 4 is 16.2 Å². The lowest BCUT2D eigenvalue weighted by Crippen LogP contribution is -2.52. The summed E-state index contributed by atoms with van der Waals surface area (Å²) in [6, 6.07) is 0. The third kappa shape index (κ3) is 6.45. The van der Waals surface area contributed by atoms with Gasteiger partial charge in [-0.15, -0.1) is 0 Å². The first kappa shape index (κ1) is 21.6. The van der Waals surface area contributed by atoms with E-state index in [1.165, 1.54) is 4.31 Å². The summed E-state index contributed by atoms with van der Waals surface area (Å²) >= 11 is 0. The van der Waals surface area contributed by atoms with Gasteiger partial charge < -0.3 is 9.47 Å². The highest BCUT2D eigenvalue weighted by atomic mass is 32.2. The molecule has 0 aromatic carbocycles. The summed E-state index contributed by atoms with van der Waals surface area (Å²) < 4.78 is 40.0. The number of carbonyl (C=O) groups excluding carboxylic acids is 1. The summed E-state index contributed by atoms with van der Waals surface area (Å²) in [5, 5.41) is 0. The van der Waals surface area contributed by atoms with Gasteiger partial charge in [0.2, 0.25) is 0 Å². The number of rotatable bonds is 8. The van der Waals surface area contributed by atoms with Crippen LogP contribution >= 0.6 is 0 Å². The summed E-state index contributed by atoms with van der Waals surface area (Å²) in [6.07, 6.45) is 1.18. The van der Waals surface area contributed by atoms with Crippen molar-refractivity contribution in [3.05, 3.63) is 0 Å². The molecule has 2 saturated heterocycles. The lowest BCUT2D eigenvalue weighted by atomic mass is 10.0. The molecule has 0 amide bonds. The van der Waals surface area contributed by atoms with Crippen LogP contribution in [-0.4, -0.2) is 82.2 Å². The van der Waals surface area contributed by atoms with E-state index in [4.69, 9.17) is 9.47 Å². The first-order chi connectivity index (χ1) is 12.3. The van der Waals surface area contributed by atoms with Gasteiger partial charge in [0.05, 0.1) is 25.2 Å².